The smallest absolute Gasteiger partial charge is 0.350 e. The molecule has 1 heterocycles. The van der Waals surface area contributed by atoms with E-state index in [2.05, 4.69) is 32.7 Å². The van der Waals surface area contributed by atoms with Crippen LogP contribution in [0.5, 0.6) is 0 Å². The van der Waals surface area contributed by atoms with Crippen LogP contribution >= 0.6 is 11.3 Å². The molecule has 2 aromatic rings. The highest BCUT2D eigenvalue weighted by atomic mass is 32.1. The summed E-state index contributed by atoms with van der Waals surface area (Å²) in [5, 5.41) is 7.48. The summed E-state index contributed by atoms with van der Waals surface area (Å²) in [7, 11) is 1.73. The summed E-state index contributed by atoms with van der Waals surface area (Å²) >= 11 is 1.35. The number of ether oxygens (including phenoxy) is 2. The van der Waals surface area contributed by atoms with Crippen LogP contribution in [0.3, 0.4) is 0 Å². The second kappa shape index (κ2) is 11.5. The fourth-order valence-electron chi connectivity index (χ4n) is 2.71. The predicted molar refractivity (Wildman–Crippen MR) is 116 cm³/mol. The molecular formula is C21H30N4O3S. The molecule has 0 aliphatic rings. The summed E-state index contributed by atoms with van der Waals surface area (Å²) in [4.78, 5) is 21.4. The van der Waals surface area contributed by atoms with Crippen molar-refractivity contribution in [1.82, 2.24) is 15.6 Å². The van der Waals surface area contributed by atoms with Gasteiger partial charge >= 0.3 is 5.97 Å². The number of nitrogens with one attached hydrogen (secondary N) is 2. The summed E-state index contributed by atoms with van der Waals surface area (Å²) in [5.41, 5.74) is 3.00. The largest absolute Gasteiger partial charge is 0.462 e. The lowest BCUT2D eigenvalue weighted by atomic mass is 10.1. The maximum Gasteiger partial charge on any atom is 0.350 e. The van der Waals surface area contributed by atoms with Gasteiger partial charge in [0.2, 0.25) is 0 Å². The Labute approximate surface area is 176 Å². The monoisotopic (exact) mass is 418 g/mol. The molecule has 0 aliphatic heterocycles. The third-order valence-electron chi connectivity index (χ3n) is 4.25. The average Bonchev–Trinajstić information content (AvgIpc) is 3.12. The molecule has 1 aromatic heterocycles. The van der Waals surface area contributed by atoms with Crippen LogP contribution in [0, 0.1) is 6.92 Å². The SMILES string of the molecule is CCOCc1ccccc1CNC(=NC)NC(C)c1nc(C)c(C(=O)OCC)s1. The minimum atomic E-state index is -0.325. The molecule has 0 fully saturated rings. The number of carbonyl (C=O) groups excluding carboxylic acids is 1. The van der Waals surface area contributed by atoms with Crippen LogP contribution in [0.4, 0.5) is 0 Å². The Bertz CT molecular complexity index is 835. The number of aryl methyl sites for hydroxylation is 1. The van der Waals surface area contributed by atoms with E-state index in [1.165, 1.54) is 11.3 Å². The Morgan fingerprint density at radius 3 is 2.62 bits per heavy atom. The van der Waals surface area contributed by atoms with Gasteiger partial charge in [-0.15, -0.1) is 11.3 Å². The number of benzene rings is 1. The first-order valence-electron chi connectivity index (χ1n) is 9.76. The second-order valence-corrected chi connectivity index (χ2v) is 7.42. The summed E-state index contributed by atoms with van der Waals surface area (Å²) in [6.07, 6.45) is 0. The molecule has 1 aromatic carbocycles. The van der Waals surface area contributed by atoms with E-state index in [-0.39, 0.29) is 12.0 Å². The number of aliphatic imine (C=N–C) groups is 1. The van der Waals surface area contributed by atoms with E-state index in [1.807, 2.05) is 32.9 Å². The highest BCUT2D eigenvalue weighted by molar-refractivity contribution is 7.13. The first kappa shape index (κ1) is 22.8. The van der Waals surface area contributed by atoms with Gasteiger partial charge in [0.15, 0.2) is 5.96 Å². The molecule has 0 radical (unpaired) electrons. The van der Waals surface area contributed by atoms with Crippen molar-refractivity contribution in [3.05, 3.63) is 51.0 Å². The Morgan fingerprint density at radius 1 is 1.24 bits per heavy atom. The van der Waals surface area contributed by atoms with E-state index in [9.17, 15) is 4.79 Å². The van der Waals surface area contributed by atoms with Crippen molar-refractivity contribution < 1.29 is 14.3 Å². The Balaban J connectivity index is 2.00. The molecular weight excluding hydrogens is 388 g/mol. The zero-order valence-electron chi connectivity index (χ0n) is 17.7. The average molecular weight is 419 g/mol. The molecule has 1 atom stereocenters. The molecule has 2 rings (SSSR count). The van der Waals surface area contributed by atoms with E-state index in [0.29, 0.717) is 42.9 Å². The number of esters is 1. The van der Waals surface area contributed by atoms with Gasteiger partial charge in [-0.05, 0) is 38.8 Å². The van der Waals surface area contributed by atoms with Crippen LogP contribution in [0.2, 0.25) is 0 Å². The Hall–Kier alpha value is -2.45. The van der Waals surface area contributed by atoms with Crippen LogP contribution in [-0.4, -0.2) is 37.2 Å². The van der Waals surface area contributed by atoms with Crippen molar-refractivity contribution in [2.24, 2.45) is 4.99 Å². The fourth-order valence-corrected chi connectivity index (χ4v) is 3.67. The van der Waals surface area contributed by atoms with Gasteiger partial charge in [0.1, 0.15) is 9.88 Å². The number of rotatable bonds is 9. The summed E-state index contributed by atoms with van der Waals surface area (Å²) < 4.78 is 10.6. The lowest BCUT2D eigenvalue weighted by Crippen LogP contribution is -2.38. The van der Waals surface area contributed by atoms with Crippen molar-refractivity contribution in [2.45, 2.75) is 46.9 Å². The second-order valence-electron chi connectivity index (χ2n) is 6.38. The number of aromatic nitrogens is 1. The molecule has 8 heteroatoms. The zero-order valence-corrected chi connectivity index (χ0v) is 18.6. The minimum absolute atomic E-state index is 0.105. The third-order valence-corrected chi connectivity index (χ3v) is 5.57. The Kier molecular flexibility index (Phi) is 9.08. The van der Waals surface area contributed by atoms with Crippen molar-refractivity contribution in [1.29, 1.82) is 0 Å². The van der Waals surface area contributed by atoms with Crippen LogP contribution in [0.25, 0.3) is 0 Å². The summed E-state index contributed by atoms with van der Waals surface area (Å²) in [6, 6.07) is 8.07. The quantitative estimate of drug-likeness (QED) is 0.368. The van der Waals surface area contributed by atoms with E-state index in [0.717, 1.165) is 16.1 Å². The molecule has 0 bridgehead atoms. The van der Waals surface area contributed by atoms with E-state index in [1.54, 1.807) is 14.0 Å². The van der Waals surface area contributed by atoms with Gasteiger partial charge in [0.25, 0.3) is 0 Å². The van der Waals surface area contributed by atoms with Gasteiger partial charge in [-0.25, -0.2) is 9.78 Å². The molecule has 0 saturated carbocycles. The number of carbonyl (C=O) groups is 1. The first-order valence-corrected chi connectivity index (χ1v) is 10.6. The maximum absolute atomic E-state index is 12.0. The maximum atomic E-state index is 12.0. The van der Waals surface area contributed by atoms with Gasteiger partial charge in [0, 0.05) is 20.2 Å². The molecule has 7 nitrogen and oxygen atoms in total. The number of nitrogens with zero attached hydrogens (tertiary/aromatic N) is 2. The zero-order chi connectivity index (χ0) is 21.2. The van der Waals surface area contributed by atoms with Gasteiger partial charge in [-0.2, -0.15) is 0 Å². The van der Waals surface area contributed by atoms with Crippen LogP contribution in [0.15, 0.2) is 29.3 Å². The standard InChI is InChI=1S/C21H30N4O3S/c1-6-27-13-17-11-9-8-10-16(17)12-23-21(22-5)25-15(4)19-24-14(3)18(29-19)20(26)28-7-2/h8-11,15H,6-7,12-13H2,1-5H3,(H2,22,23,25). The predicted octanol–water partition coefficient (Wildman–Crippen LogP) is 3.59. The van der Waals surface area contributed by atoms with Gasteiger partial charge in [-0.1, -0.05) is 24.3 Å². The van der Waals surface area contributed by atoms with Crippen LogP contribution in [-0.2, 0) is 22.6 Å². The molecule has 29 heavy (non-hydrogen) atoms. The van der Waals surface area contributed by atoms with Gasteiger partial charge in [-0.3, -0.25) is 4.99 Å². The summed E-state index contributed by atoms with van der Waals surface area (Å²) in [6.45, 7) is 9.84. The summed E-state index contributed by atoms with van der Waals surface area (Å²) in [5.74, 6) is 0.337. The van der Waals surface area contributed by atoms with Crippen molar-refractivity contribution in [3.63, 3.8) is 0 Å². The molecule has 0 spiro atoms. The van der Waals surface area contributed by atoms with Crippen LogP contribution < -0.4 is 10.6 Å². The molecule has 1 unspecified atom stereocenters. The number of hydrogen-bond acceptors (Lipinski definition) is 6. The number of guanidine groups is 1. The first-order chi connectivity index (χ1) is 14.0. The van der Waals surface area contributed by atoms with Gasteiger partial charge in [0.05, 0.1) is 24.9 Å². The highest BCUT2D eigenvalue weighted by Crippen LogP contribution is 2.24. The lowest BCUT2D eigenvalue weighted by molar-refractivity contribution is 0.0531. The Morgan fingerprint density at radius 2 is 1.97 bits per heavy atom. The van der Waals surface area contributed by atoms with Crippen molar-refractivity contribution in [2.75, 3.05) is 20.3 Å². The molecule has 0 amide bonds. The fraction of sp³-hybridized carbons (Fsp3) is 0.476. The van der Waals surface area contributed by atoms with Crippen LogP contribution in [0.1, 0.15) is 58.3 Å². The molecule has 0 saturated heterocycles. The molecule has 0 aliphatic carbocycles. The lowest BCUT2D eigenvalue weighted by Gasteiger charge is -2.17. The highest BCUT2D eigenvalue weighted by Gasteiger charge is 2.20. The van der Waals surface area contributed by atoms with E-state index in [4.69, 9.17) is 9.47 Å². The molecule has 158 valence electrons. The normalized spacial score (nSPS) is 12.5. The van der Waals surface area contributed by atoms with Crippen molar-refractivity contribution in [3.8, 4) is 0 Å². The minimum Gasteiger partial charge on any atom is -0.462 e. The molecule has 2 N–H and O–H groups in total. The number of thiazole rings is 1. The van der Waals surface area contributed by atoms with E-state index >= 15 is 0 Å². The topological polar surface area (TPSA) is 84.8 Å². The van der Waals surface area contributed by atoms with E-state index < -0.39 is 0 Å². The van der Waals surface area contributed by atoms with Gasteiger partial charge < -0.3 is 20.1 Å². The van der Waals surface area contributed by atoms with Crippen molar-refractivity contribution >= 4 is 23.3 Å². The third kappa shape index (κ3) is 6.54. The number of hydrogen-bond donors (Lipinski definition) is 2.